The molecule has 0 unspecified atom stereocenters. The summed E-state index contributed by atoms with van der Waals surface area (Å²) in [6, 6.07) is 12.6. The minimum atomic E-state index is -3.45. The van der Waals surface area contributed by atoms with Gasteiger partial charge in [0.1, 0.15) is 0 Å². The van der Waals surface area contributed by atoms with Gasteiger partial charge < -0.3 is 5.32 Å². The standard InChI is InChI=1S/C22H26N2O3S/c1-16(19-8-7-17-5-4-6-20(17)15-19)23-22(25)18-9-11-21(12-10-18)28(26,27)24-13-2-3-14-24/h7-12,15-16H,2-6,13-14H2,1H3,(H,23,25)/t16-/m0/s1. The molecular weight excluding hydrogens is 372 g/mol. The van der Waals surface area contributed by atoms with Crippen molar-refractivity contribution >= 4 is 15.9 Å². The van der Waals surface area contributed by atoms with Crippen LogP contribution < -0.4 is 5.32 Å². The van der Waals surface area contributed by atoms with E-state index in [0.717, 1.165) is 31.2 Å². The van der Waals surface area contributed by atoms with Gasteiger partial charge in [-0.2, -0.15) is 4.31 Å². The van der Waals surface area contributed by atoms with Crippen molar-refractivity contribution in [2.75, 3.05) is 13.1 Å². The van der Waals surface area contributed by atoms with E-state index in [1.54, 1.807) is 12.1 Å². The molecule has 1 amide bonds. The average Bonchev–Trinajstić information content (AvgIpc) is 3.39. The number of benzene rings is 2. The van der Waals surface area contributed by atoms with Gasteiger partial charge in [-0.1, -0.05) is 18.2 Å². The van der Waals surface area contributed by atoms with Crippen molar-refractivity contribution in [2.45, 2.75) is 50.0 Å². The Kier molecular flexibility index (Phi) is 5.25. The maximum Gasteiger partial charge on any atom is 0.251 e. The van der Waals surface area contributed by atoms with Crippen LogP contribution in [0.3, 0.4) is 0 Å². The van der Waals surface area contributed by atoms with Crippen LogP contribution >= 0.6 is 0 Å². The highest BCUT2D eigenvalue weighted by Gasteiger charge is 2.27. The van der Waals surface area contributed by atoms with Crippen LogP contribution in [0.1, 0.15) is 59.3 Å². The molecule has 1 N–H and O–H groups in total. The van der Waals surface area contributed by atoms with E-state index in [9.17, 15) is 13.2 Å². The van der Waals surface area contributed by atoms with E-state index in [4.69, 9.17) is 0 Å². The number of hydrogen-bond acceptors (Lipinski definition) is 3. The topological polar surface area (TPSA) is 66.5 Å². The van der Waals surface area contributed by atoms with E-state index in [0.29, 0.717) is 18.7 Å². The quantitative estimate of drug-likeness (QED) is 0.839. The monoisotopic (exact) mass is 398 g/mol. The molecule has 2 aromatic carbocycles. The Labute approximate surface area is 166 Å². The average molecular weight is 399 g/mol. The molecule has 2 aliphatic rings. The van der Waals surface area contributed by atoms with E-state index in [1.807, 2.05) is 6.92 Å². The summed E-state index contributed by atoms with van der Waals surface area (Å²) in [7, 11) is -3.45. The predicted octanol–water partition coefficient (Wildman–Crippen LogP) is 3.45. The molecule has 28 heavy (non-hydrogen) atoms. The molecule has 1 heterocycles. The summed E-state index contributed by atoms with van der Waals surface area (Å²) in [5.74, 6) is -0.196. The van der Waals surface area contributed by atoms with Crippen molar-refractivity contribution in [3.05, 3.63) is 64.7 Å². The number of nitrogens with one attached hydrogen (secondary N) is 1. The number of carbonyl (C=O) groups excluding carboxylic acids is 1. The lowest BCUT2D eigenvalue weighted by molar-refractivity contribution is 0.0939. The predicted molar refractivity (Wildman–Crippen MR) is 109 cm³/mol. The number of aryl methyl sites for hydroxylation is 2. The van der Waals surface area contributed by atoms with Crippen molar-refractivity contribution < 1.29 is 13.2 Å². The molecule has 4 rings (SSSR count). The first-order valence-corrected chi connectivity index (χ1v) is 11.4. The molecule has 2 aromatic rings. The minimum absolute atomic E-state index is 0.105. The normalized spacial score (nSPS) is 18.0. The van der Waals surface area contributed by atoms with Crippen LogP contribution in [0.15, 0.2) is 47.4 Å². The molecule has 1 saturated heterocycles. The summed E-state index contributed by atoms with van der Waals surface area (Å²) in [5.41, 5.74) is 4.36. The molecule has 0 spiro atoms. The molecule has 5 nitrogen and oxygen atoms in total. The Morgan fingerprint density at radius 1 is 0.964 bits per heavy atom. The molecular formula is C22H26N2O3S. The molecule has 0 aromatic heterocycles. The zero-order chi connectivity index (χ0) is 19.7. The van der Waals surface area contributed by atoms with E-state index in [-0.39, 0.29) is 16.8 Å². The van der Waals surface area contributed by atoms with Crippen molar-refractivity contribution in [3.63, 3.8) is 0 Å². The zero-order valence-electron chi connectivity index (χ0n) is 16.1. The number of amides is 1. The third-order valence-corrected chi connectivity index (χ3v) is 7.70. The molecule has 1 aliphatic carbocycles. The van der Waals surface area contributed by atoms with Crippen LogP contribution in [-0.4, -0.2) is 31.7 Å². The van der Waals surface area contributed by atoms with E-state index >= 15 is 0 Å². The molecule has 1 aliphatic heterocycles. The maximum atomic E-state index is 12.6. The van der Waals surface area contributed by atoms with E-state index in [1.165, 1.54) is 34.0 Å². The highest BCUT2D eigenvalue weighted by atomic mass is 32.2. The summed E-state index contributed by atoms with van der Waals surface area (Å²) in [5, 5.41) is 3.02. The number of nitrogens with zero attached hydrogens (tertiary/aromatic N) is 1. The van der Waals surface area contributed by atoms with Gasteiger partial charge in [0.2, 0.25) is 10.0 Å². The highest BCUT2D eigenvalue weighted by molar-refractivity contribution is 7.89. The summed E-state index contributed by atoms with van der Waals surface area (Å²) >= 11 is 0. The Morgan fingerprint density at radius 2 is 1.64 bits per heavy atom. The van der Waals surface area contributed by atoms with Crippen LogP contribution in [0, 0.1) is 0 Å². The molecule has 0 saturated carbocycles. The third kappa shape index (κ3) is 3.71. The lowest BCUT2D eigenvalue weighted by Gasteiger charge is -2.17. The lowest BCUT2D eigenvalue weighted by Crippen LogP contribution is -2.28. The minimum Gasteiger partial charge on any atom is -0.346 e. The summed E-state index contributed by atoms with van der Waals surface area (Å²) < 4.78 is 26.7. The molecule has 6 heteroatoms. The molecule has 148 valence electrons. The van der Waals surface area contributed by atoms with Gasteiger partial charge in [0.25, 0.3) is 5.91 Å². The second-order valence-electron chi connectivity index (χ2n) is 7.71. The highest BCUT2D eigenvalue weighted by Crippen LogP contribution is 2.26. The molecule has 1 fully saturated rings. The Bertz CT molecular complexity index is 977. The van der Waals surface area contributed by atoms with Gasteiger partial charge >= 0.3 is 0 Å². The molecule has 0 radical (unpaired) electrons. The van der Waals surface area contributed by atoms with Crippen molar-refractivity contribution in [1.29, 1.82) is 0 Å². The van der Waals surface area contributed by atoms with E-state index in [2.05, 4.69) is 23.5 Å². The SMILES string of the molecule is C[C@H](NC(=O)c1ccc(S(=O)(=O)N2CCCC2)cc1)c1ccc2c(c1)CCC2. The smallest absolute Gasteiger partial charge is 0.251 e. The summed E-state index contributed by atoms with van der Waals surface area (Å²) in [6.07, 6.45) is 5.26. The first-order chi connectivity index (χ1) is 13.4. The fourth-order valence-electron chi connectivity index (χ4n) is 4.08. The van der Waals surface area contributed by atoms with Gasteiger partial charge in [0.05, 0.1) is 10.9 Å². The Hall–Kier alpha value is -2.18. The van der Waals surface area contributed by atoms with Gasteiger partial charge in [-0.25, -0.2) is 8.42 Å². The third-order valence-electron chi connectivity index (χ3n) is 5.79. The second kappa shape index (κ2) is 7.68. The van der Waals surface area contributed by atoms with Crippen molar-refractivity contribution in [1.82, 2.24) is 9.62 Å². The number of rotatable bonds is 5. The van der Waals surface area contributed by atoms with Gasteiger partial charge in [-0.15, -0.1) is 0 Å². The largest absolute Gasteiger partial charge is 0.346 e. The van der Waals surface area contributed by atoms with Gasteiger partial charge in [-0.3, -0.25) is 4.79 Å². The van der Waals surface area contributed by atoms with Crippen molar-refractivity contribution in [3.8, 4) is 0 Å². The molecule has 1 atom stereocenters. The van der Waals surface area contributed by atoms with Crippen LogP contribution in [0.25, 0.3) is 0 Å². The number of hydrogen-bond donors (Lipinski definition) is 1. The van der Waals surface area contributed by atoms with Crippen molar-refractivity contribution in [2.24, 2.45) is 0 Å². The first kappa shape index (κ1) is 19.2. The van der Waals surface area contributed by atoms with Gasteiger partial charge in [0.15, 0.2) is 0 Å². The van der Waals surface area contributed by atoms with E-state index < -0.39 is 10.0 Å². The van der Waals surface area contributed by atoms with Crippen LogP contribution in [0.4, 0.5) is 0 Å². The number of fused-ring (bicyclic) bond motifs is 1. The van der Waals surface area contributed by atoms with Crippen LogP contribution in [0.2, 0.25) is 0 Å². The maximum absolute atomic E-state index is 12.6. The fraction of sp³-hybridized carbons (Fsp3) is 0.409. The number of carbonyl (C=O) groups is 1. The molecule has 0 bridgehead atoms. The summed E-state index contributed by atoms with van der Waals surface area (Å²) in [4.78, 5) is 12.9. The Morgan fingerprint density at radius 3 is 2.36 bits per heavy atom. The lowest BCUT2D eigenvalue weighted by atomic mass is 10.0. The van der Waals surface area contributed by atoms with Crippen LogP contribution in [0.5, 0.6) is 0 Å². The number of sulfonamides is 1. The first-order valence-electron chi connectivity index (χ1n) is 9.98. The fourth-order valence-corrected chi connectivity index (χ4v) is 5.60. The zero-order valence-corrected chi connectivity index (χ0v) is 17.0. The van der Waals surface area contributed by atoms with Gasteiger partial charge in [0, 0.05) is 18.7 Å². The van der Waals surface area contributed by atoms with Crippen LogP contribution in [-0.2, 0) is 22.9 Å². The summed E-state index contributed by atoms with van der Waals surface area (Å²) in [6.45, 7) is 3.12. The van der Waals surface area contributed by atoms with Gasteiger partial charge in [-0.05, 0) is 80.0 Å². The Balaban J connectivity index is 1.45. The second-order valence-corrected chi connectivity index (χ2v) is 9.65.